The molecule has 0 spiro atoms. The maximum absolute atomic E-state index is 12.0. The van der Waals surface area contributed by atoms with E-state index in [0.29, 0.717) is 11.1 Å². The van der Waals surface area contributed by atoms with Gasteiger partial charge in [0.1, 0.15) is 0 Å². The second-order valence-corrected chi connectivity index (χ2v) is 7.87. The van der Waals surface area contributed by atoms with Gasteiger partial charge in [0.25, 0.3) is 0 Å². The molecule has 0 saturated heterocycles. The zero-order chi connectivity index (χ0) is 29.1. The van der Waals surface area contributed by atoms with Gasteiger partial charge in [-0.15, -0.1) is 0 Å². The fourth-order valence-corrected chi connectivity index (χ4v) is 3.45. The first-order valence-electron chi connectivity index (χ1n) is 11.4. The van der Waals surface area contributed by atoms with Gasteiger partial charge in [-0.05, 0) is 34.4 Å². The predicted molar refractivity (Wildman–Crippen MR) is 139 cm³/mol. The molecular weight excluding hydrogens is 803 g/mol. The molecule has 4 aromatic rings. The first-order chi connectivity index (χ1) is 19.2. The zero-order valence-corrected chi connectivity index (χ0v) is 27.6. The molecule has 8 nitrogen and oxygen atoms in total. The Balaban J connectivity index is 0.000000280. The first-order valence-corrected chi connectivity index (χ1v) is 11.4. The summed E-state index contributed by atoms with van der Waals surface area (Å²) in [7, 11) is 0. The minimum absolute atomic E-state index is 0. The predicted octanol–water partition coefficient (Wildman–Crippen LogP) is 8.14. The molecule has 4 rings (SSSR count). The Labute approximate surface area is 225 Å². The van der Waals surface area contributed by atoms with Gasteiger partial charge >= 0.3 is 11.4 Å². The van der Waals surface area contributed by atoms with Crippen LogP contribution in [0.25, 0.3) is 22.3 Å². The summed E-state index contributed by atoms with van der Waals surface area (Å²) in [4.78, 5) is 20.7. The van der Waals surface area contributed by atoms with E-state index in [1.807, 2.05) is 12.1 Å². The summed E-state index contributed by atoms with van der Waals surface area (Å²) in [5.74, 6) is -0.357. The van der Waals surface area contributed by atoms with Crippen LogP contribution in [0.4, 0.5) is 28.9 Å². The van der Waals surface area contributed by atoms with Crippen LogP contribution in [0.5, 0.6) is 11.5 Å². The third-order valence-corrected chi connectivity index (χ3v) is 5.20. The summed E-state index contributed by atoms with van der Waals surface area (Å²) in [6.07, 6.45) is -3.88. The zero-order valence-electron chi connectivity index (χ0n) is 21.2. The van der Waals surface area contributed by atoms with Crippen molar-refractivity contribution in [3.05, 3.63) is 130 Å². The number of hydrogen-bond acceptors (Lipinski definition) is 6. The Morgan fingerprint density at radius 3 is 1.20 bits per heavy atom. The van der Waals surface area contributed by atoms with Crippen LogP contribution in [0.3, 0.4) is 0 Å². The van der Waals surface area contributed by atoms with E-state index < -0.39 is 35.9 Å². The van der Waals surface area contributed by atoms with Crippen LogP contribution in [0.1, 0.15) is 0 Å². The van der Waals surface area contributed by atoms with Crippen LogP contribution in [-0.4, -0.2) is 23.1 Å². The van der Waals surface area contributed by atoms with E-state index in [2.05, 4.69) is 0 Å². The van der Waals surface area contributed by atoms with Crippen molar-refractivity contribution < 1.29 is 36.9 Å². The summed E-state index contributed by atoms with van der Waals surface area (Å²) >= 11 is 0. The first kappa shape index (κ1) is 31.2. The Morgan fingerprint density at radius 1 is 0.561 bits per heavy atom. The standard InChI is InChI=1S/2C14H10F2NO3.Rf/c2*15-14(16)9-20-13-7-6-11(8-12(13)17(18)19)10-4-2-1-3-5-10;/h2*1-8H,9H2;/q2*-1;. The van der Waals surface area contributed by atoms with Crippen LogP contribution in [0.2, 0.25) is 0 Å². The molecule has 0 saturated carbocycles. The smallest absolute Gasteiger partial charge is 0.311 e. The van der Waals surface area contributed by atoms with Gasteiger partial charge in [0.2, 0.25) is 0 Å². The molecule has 0 aliphatic rings. The summed E-state index contributed by atoms with van der Waals surface area (Å²) in [6, 6.07) is 26.5. The van der Waals surface area contributed by atoms with Gasteiger partial charge in [-0.3, -0.25) is 20.2 Å². The molecule has 0 heterocycles. The van der Waals surface area contributed by atoms with Gasteiger partial charge in [-0.25, -0.2) is 0 Å². The van der Waals surface area contributed by atoms with Crippen molar-refractivity contribution in [3.63, 3.8) is 0 Å². The average molecular weight is 823 g/mol. The topological polar surface area (TPSA) is 105 Å². The Bertz CT molecular complexity index is 1320. The fraction of sp³-hybridized carbons (Fsp3) is 0.0714. The van der Waals surface area contributed by atoms with Gasteiger partial charge in [0, 0.05) is 38.2 Å². The van der Waals surface area contributed by atoms with Gasteiger partial charge in [-0.1, -0.05) is 72.8 Å². The van der Waals surface area contributed by atoms with Gasteiger partial charge in [0.05, 0.1) is 9.85 Å². The van der Waals surface area contributed by atoms with Crippen LogP contribution < -0.4 is 9.47 Å². The number of nitro benzene ring substituents is 2. The second kappa shape index (κ2) is 14.8. The van der Waals surface area contributed by atoms with Gasteiger partial charge in [-0.2, -0.15) is 0 Å². The van der Waals surface area contributed by atoms with Crippen molar-refractivity contribution in [2.45, 2.75) is 0 Å². The van der Waals surface area contributed by atoms with Gasteiger partial charge < -0.3 is 27.0 Å². The number of hydrogen-bond donors (Lipinski definition) is 0. The largest absolute Gasteiger partial charge is 0.515 e. The molecule has 0 aliphatic carbocycles. The second-order valence-electron chi connectivity index (χ2n) is 7.87. The van der Waals surface area contributed by atoms with Crippen LogP contribution in [0.15, 0.2) is 97.1 Å². The Hall–Kier alpha value is -6.00. The molecule has 0 fully saturated rings. The van der Waals surface area contributed by atoms with Crippen LogP contribution in [0, 0.1) is 33.1 Å². The van der Waals surface area contributed by atoms with E-state index >= 15 is 0 Å². The molecule has 0 N–H and O–H groups in total. The van der Waals surface area contributed by atoms with E-state index in [4.69, 9.17) is 9.47 Å². The maximum Gasteiger partial charge on any atom is 0.311 e. The number of rotatable bonds is 10. The third kappa shape index (κ3) is 9.06. The molecule has 13 heteroatoms. The number of benzene rings is 4. The quantitative estimate of drug-likeness (QED) is 0.0693. The molecule has 0 atom stereocenters. The summed E-state index contributed by atoms with van der Waals surface area (Å²) in [6.45, 7) is -1.91. The SMILES string of the molecule is O=[N+]([O-])c1cc(-c2ccccc2)ccc1OC[C-](F)F.O=[N+]([O-])c1cc(-c2ccccc2)ccc1OC[C-](F)F.[Rf]. The van der Waals surface area contributed by atoms with E-state index in [9.17, 15) is 37.8 Å². The molecule has 0 bridgehead atoms. The monoisotopic (exact) mass is 823 g/mol. The molecule has 0 aromatic heterocycles. The summed E-state index contributed by atoms with van der Waals surface area (Å²) < 4.78 is 57.5. The molecule has 4 aromatic carbocycles. The molecule has 0 aliphatic heterocycles. The molecule has 0 unspecified atom stereocenters. The molecule has 41 heavy (non-hydrogen) atoms. The van der Waals surface area contributed by atoms with Crippen molar-refractivity contribution in [2.24, 2.45) is 0 Å². The van der Waals surface area contributed by atoms with Crippen molar-refractivity contribution in [1.82, 2.24) is 0 Å². The number of halogens is 4. The summed E-state index contributed by atoms with van der Waals surface area (Å²) in [5, 5.41) is 22.0. The number of ether oxygens (including phenoxy) is 2. The van der Waals surface area contributed by atoms with Crippen LogP contribution in [-0.2, 0) is 0 Å². The van der Waals surface area contributed by atoms with Crippen molar-refractivity contribution in [2.75, 3.05) is 13.2 Å². The number of nitro groups is 2. The summed E-state index contributed by atoms with van der Waals surface area (Å²) in [5.41, 5.74) is 2.15. The number of nitrogens with zero attached hydrogens (tertiary/aromatic N) is 2. The minimum atomic E-state index is -1.94. The molecule has 0 amide bonds. The van der Waals surface area contributed by atoms with E-state index in [1.54, 1.807) is 60.7 Å². The Morgan fingerprint density at radius 2 is 0.902 bits per heavy atom. The Kier molecular flexibility index (Phi) is 11.3. The maximum atomic E-state index is 12.0. The fourth-order valence-electron chi connectivity index (χ4n) is 3.45. The van der Waals surface area contributed by atoms with E-state index in [0.717, 1.165) is 11.1 Å². The van der Waals surface area contributed by atoms with Crippen molar-refractivity contribution in [1.29, 1.82) is 0 Å². The average Bonchev–Trinajstić information content (AvgIpc) is 2.96. The minimum Gasteiger partial charge on any atom is -0.515 e. The molecule has 0 radical (unpaired) electrons. The van der Waals surface area contributed by atoms with Crippen molar-refractivity contribution >= 4 is 11.4 Å². The molecular formula is C28H20F4N2O6Rf-2. The van der Waals surface area contributed by atoms with E-state index in [-0.39, 0.29) is 22.9 Å². The van der Waals surface area contributed by atoms with Gasteiger partial charge in [0.15, 0.2) is 11.5 Å². The van der Waals surface area contributed by atoms with Crippen LogP contribution >= 0.6 is 0 Å². The van der Waals surface area contributed by atoms with Crippen molar-refractivity contribution in [3.8, 4) is 33.8 Å². The third-order valence-electron chi connectivity index (χ3n) is 5.20. The van der Waals surface area contributed by atoms with E-state index in [1.165, 1.54) is 24.3 Å². The normalized spacial score (nSPS) is 10.3. The molecule has 210 valence electrons.